The molecule has 1 fully saturated rings. The second-order valence-corrected chi connectivity index (χ2v) is 9.24. The molecule has 1 N–H and O–H groups in total. The van der Waals surface area contributed by atoms with E-state index in [9.17, 15) is 18.4 Å². The molecule has 0 aliphatic heterocycles. The number of Topliss-reactive ketones (excluding diaryl/α,β-unsaturated/α-hetero) is 1. The lowest BCUT2D eigenvalue weighted by molar-refractivity contribution is -0.143. The van der Waals surface area contributed by atoms with Gasteiger partial charge in [0.05, 0.1) is 18.4 Å². The molecule has 9 heteroatoms. The van der Waals surface area contributed by atoms with Gasteiger partial charge in [-0.2, -0.15) is 0 Å². The third-order valence-electron chi connectivity index (χ3n) is 5.60. The fourth-order valence-corrected chi connectivity index (χ4v) is 4.78. The van der Waals surface area contributed by atoms with Crippen molar-refractivity contribution in [1.29, 1.82) is 0 Å². The number of ketones is 1. The van der Waals surface area contributed by atoms with E-state index in [1.165, 1.54) is 23.5 Å². The Hall–Kier alpha value is -3.20. The predicted molar refractivity (Wildman–Crippen MR) is 118 cm³/mol. The van der Waals surface area contributed by atoms with Crippen molar-refractivity contribution in [2.75, 3.05) is 0 Å². The number of aromatic nitrogens is 2. The lowest BCUT2D eigenvalue weighted by Gasteiger charge is -2.26. The monoisotopic (exact) mass is 472 g/mol. The number of carbonyl (C=O) groups excluding carboxylic acids is 1. The fourth-order valence-electron chi connectivity index (χ4n) is 3.90. The number of carboxylic acids is 1. The third kappa shape index (κ3) is 6.19. The van der Waals surface area contributed by atoms with E-state index in [1.54, 1.807) is 24.3 Å². The highest BCUT2D eigenvalue weighted by Gasteiger charge is 2.27. The highest BCUT2D eigenvalue weighted by atomic mass is 32.1. The molecule has 4 rings (SSSR count). The number of halogens is 2. The summed E-state index contributed by atoms with van der Waals surface area (Å²) >= 11 is 1.24. The maximum atomic E-state index is 13.4. The van der Waals surface area contributed by atoms with Crippen LogP contribution in [0.2, 0.25) is 0 Å². The average molecular weight is 473 g/mol. The molecule has 0 radical (unpaired) electrons. The molecule has 6 nitrogen and oxygen atoms in total. The number of ether oxygens (including phenoxy) is 1. The number of nitrogens with zero attached hydrogens (tertiary/aromatic N) is 2. The van der Waals surface area contributed by atoms with Gasteiger partial charge in [-0.25, -0.2) is 8.78 Å². The van der Waals surface area contributed by atoms with E-state index in [0.717, 1.165) is 6.07 Å². The minimum Gasteiger partial charge on any atom is -0.490 e. The van der Waals surface area contributed by atoms with Crippen LogP contribution in [0.4, 0.5) is 8.78 Å². The lowest BCUT2D eigenvalue weighted by Crippen LogP contribution is -2.27. The molecular weight excluding hydrogens is 450 g/mol. The van der Waals surface area contributed by atoms with Crippen LogP contribution in [-0.2, 0) is 17.6 Å². The van der Waals surface area contributed by atoms with Crippen LogP contribution in [0.25, 0.3) is 0 Å². The zero-order valence-corrected chi connectivity index (χ0v) is 18.5. The summed E-state index contributed by atoms with van der Waals surface area (Å²) in [6.45, 7) is 0. The Morgan fingerprint density at radius 2 is 1.61 bits per heavy atom. The van der Waals surface area contributed by atoms with E-state index >= 15 is 0 Å². The van der Waals surface area contributed by atoms with E-state index < -0.39 is 17.6 Å². The Morgan fingerprint density at radius 1 is 0.970 bits per heavy atom. The van der Waals surface area contributed by atoms with Crippen molar-refractivity contribution in [2.45, 2.75) is 44.6 Å². The zero-order valence-electron chi connectivity index (χ0n) is 17.7. The van der Waals surface area contributed by atoms with Crippen LogP contribution in [-0.4, -0.2) is 33.2 Å². The van der Waals surface area contributed by atoms with Crippen LogP contribution in [0.15, 0.2) is 42.5 Å². The van der Waals surface area contributed by atoms with E-state index in [-0.39, 0.29) is 30.6 Å². The van der Waals surface area contributed by atoms with E-state index in [2.05, 4.69) is 10.2 Å². The highest BCUT2D eigenvalue weighted by Crippen LogP contribution is 2.28. The largest absolute Gasteiger partial charge is 0.490 e. The Balaban J connectivity index is 1.30. The van der Waals surface area contributed by atoms with Crippen LogP contribution in [0.5, 0.6) is 5.75 Å². The molecule has 0 saturated heterocycles. The number of aliphatic carboxylic acids is 1. The van der Waals surface area contributed by atoms with E-state index in [1.807, 2.05) is 0 Å². The molecule has 0 bridgehead atoms. The normalized spacial score (nSPS) is 18.1. The first-order valence-corrected chi connectivity index (χ1v) is 11.5. The molecule has 0 unspecified atom stereocenters. The van der Waals surface area contributed by atoms with Crippen LogP contribution in [0, 0.1) is 17.6 Å². The van der Waals surface area contributed by atoms with Gasteiger partial charge >= 0.3 is 5.97 Å². The van der Waals surface area contributed by atoms with Crippen molar-refractivity contribution < 1.29 is 28.2 Å². The van der Waals surface area contributed by atoms with Crippen LogP contribution in [0.3, 0.4) is 0 Å². The molecular formula is C24H22F2N2O4S. The molecule has 172 valence electrons. The number of carbonyl (C=O) groups is 2. The number of benzene rings is 2. The molecule has 33 heavy (non-hydrogen) atoms. The Kier molecular flexibility index (Phi) is 7.08. The van der Waals surface area contributed by atoms with Crippen molar-refractivity contribution in [3.8, 4) is 5.75 Å². The first-order valence-electron chi connectivity index (χ1n) is 10.6. The summed E-state index contributed by atoms with van der Waals surface area (Å²) in [5.74, 6) is -1.81. The van der Waals surface area contributed by atoms with Crippen molar-refractivity contribution in [3.05, 3.63) is 75.2 Å². The summed E-state index contributed by atoms with van der Waals surface area (Å²) in [5, 5.41) is 18.2. The molecule has 0 spiro atoms. The Morgan fingerprint density at radius 3 is 2.24 bits per heavy atom. The summed E-state index contributed by atoms with van der Waals surface area (Å²) in [4.78, 5) is 23.7. The van der Waals surface area contributed by atoms with Crippen LogP contribution < -0.4 is 4.74 Å². The number of rotatable bonds is 8. The van der Waals surface area contributed by atoms with Gasteiger partial charge < -0.3 is 9.84 Å². The number of carboxylic acid groups (broad SMARTS) is 1. The van der Waals surface area contributed by atoms with Gasteiger partial charge in [0.25, 0.3) is 0 Å². The second kappa shape index (κ2) is 10.2. The van der Waals surface area contributed by atoms with Gasteiger partial charge in [0.2, 0.25) is 0 Å². The van der Waals surface area contributed by atoms with Crippen molar-refractivity contribution in [2.24, 2.45) is 5.92 Å². The van der Waals surface area contributed by atoms with Gasteiger partial charge in [0, 0.05) is 18.1 Å². The van der Waals surface area contributed by atoms with Crippen LogP contribution >= 0.6 is 11.3 Å². The Bertz CT molecular complexity index is 1120. The fraction of sp³-hybridized carbons (Fsp3) is 0.333. The molecule has 1 aromatic heterocycles. The summed E-state index contributed by atoms with van der Waals surface area (Å²) in [5.41, 5.74) is 0.967. The lowest BCUT2D eigenvalue weighted by atomic mass is 9.87. The summed E-state index contributed by atoms with van der Waals surface area (Å²) < 4.78 is 32.6. The molecule has 0 amide bonds. The van der Waals surface area contributed by atoms with Crippen LogP contribution in [0.1, 0.15) is 51.6 Å². The van der Waals surface area contributed by atoms with Crippen molar-refractivity contribution in [3.63, 3.8) is 0 Å². The molecule has 1 heterocycles. The quantitative estimate of drug-likeness (QED) is 0.471. The molecule has 0 atom stereocenters. The number of hydrogen-bond acceptors (Lipinski definition) is 6. The Labute approximate surface area is 193 Å². The number of hydrogen-bond donors (Lipinski definition) is 1. The van der Waals surface area contributed by atoms with Gasteiger partial charge in [0.15, 0.2) is 5.78 Å². The highest BCUT2D eigenvalue weighted by molar-refractivity contribution is 7.11. The van der Waals surface area contributed by atoms with Gasteiger partial charge in [-0.05, 0) is 67.6 Å². The molecule has 1 aliphatic carbocycles. The molecule has 2 aromatic carbocycles. The van der Waals surface area contributed by atoms with Gasteiger partial charge in [-0.3, -0.25) is 9.59 Å². The van der Waals surface area contributed by atoms with Gasteiger partial charge in [-0.1, -0.05) is 0 Å². The maximum absolute atomic E-state index is 13.4. The smallest absolute Gasteiger partial charge is 0.306 e. The summed E-state index contributed by atoms with van der Waals surface area (Å²) in [6, 6.07) is 10.2. The zero-order chi connectivity index (χ0) is 23.4. The first kappa shape index (κ1) is 23.0. The average Bonchev–Trinajstić information content (AvgIpc) is 3.20. The third-order valence-corrected chi connectivity index (χ3v) is 6.52. The summed E-state index contributed by atoms with van der Waals surface area (Å²) in [7, 11) is 0. The SMILES string of the molecule is O=C(Cc1nnc(Cc2cc(F)cc(F)c2)s1)c1ccc(OC2CCC(C(=O)O)CC2)cc1. The molecule has 1 aliphatic rings. The van der Waals surface area contributed by atoms with E-state index in [4.69, 9.17) is 9.84 Å². The minimum atomic E-state index is -0.748. The van der Waals surface area contributed by atoms with E-state index in [0.29, 0.717) is 52.6 Å². The summed E-state index contributed by atoms with van der Waals surface area (Å²) in [6.07, 6.45) is 2.89. The van der Waals surface area contributed by atoms with Crippen molar-refractivity contribution >= 4 is 23.1 Å². The predicted octanol–water partition coefficient (Wildman–Crippen LogP) is 4.85. The van der Waals surface area contributed by atoms with Gasteiger partial charge in [-0.15, -0.1) is 21.5 Å². The standard InChI is InChI=1S/C24H22F2N2O4S/c25-17-9-14(10-18(26)12-17)11-22-27-28-23(33-22)13-21(29)15-1-5-19(6-2-15)32-20-7-3-16(4-8-20)24(30)31/h1-2,5-6,9-10,12,16,20H,3-4,7-8,11,13H2,(H,30,31). The molecule has 3 aromatic rings. The first-order chi connectivity index (χ1) is 15.9. The van der Waals surface area contributed by atoms with Crippen molar-refractivity contribution in [1.82, 2.24) is 10.2 Å². The second-order valence-electron chi connectivity index (χ2n) is 8.10. The maximum Gasteiger partial charge on any atom is 0.306 e. The molecule has 1 saturated carbocycles. The topological polar surface area (TPSA) is 89.4 Å². The van der Waals surface area contributed by atoms with Gasteiger partial charge in [0.1, 0.15) is 27.4 Å². The minimum absolute atomic E-state index is 0.0199.